The molecular weight excluding hydrogens is 459 g/mol. The Morgan fingerprint density at radius 3 is 1.96 bits per heavy atom. The van der Waals surface area contributed by atoms with Crippen molar-refractivity contribution in [3.8, 4) is 22.9 Å². The summed E-state index contributed by atoms with van der Waals surface area (Å²) in [7, 11) is 0. The van der Waals surface area contributed by atoms with Crippen LogP contribution in [0.15, 0.2) is 18.2 Å². The van der Waals surface area contributed by atoms with Crippen molar-refractivity contribution in [1.29, 1.82) is 0 Å². The van der Waals surface area contributed by atoms with E-state index in [0.29, 0.717) is 5.56 Å². The predicted octanol–water partition coefficient (Wildman–Crippen LogP) is 4.82. The molecule has 25 heavy (non-hydrogen) atoms. The highest BCUT2D eigenvalue weighted by Crippen LogP contribution is 2.41. The number of aromatic nitrogens is 3. The highest BCUT2D eigenvalue weighted by atomic mass is 35.6. The number of nitrogens with zero attached hydrogens (tertiary/aromatic N) is 3. The molecule has 1 aromatic carbocycles. The third-order valence-electron chi connectivity index (χ3n) is 2.61. The lowest BCUT2D eigenvalue weighted by molar-refractivity contribution is -0.132. The number of rotatable bonds is 2. The Kier molecular flexibility index (Phi) is 6.14. The molecule has 0 atom stereocenters. The van der Waals surface area contributed by atoms with E-state index in [2.05, 4.69) is 15.0 Å². The Balaban J connectivity index is 2.64. The van der Waals surface area contributed by atoms with Crippen LogP contribution >= 0.6 is 69.6 Å². The number of phenols is 1. The molecule has 0 spiro atoms. The lowest BCUT2D eigenvalue weighted by atomic mass is 10.2. The van der Waals surface area contributed by atoms with Gasteiger partial charge in [-0.05, 0) is 18.2 Å². The molecule has 0 amide bonds. The standard InChI is InChI=1S/C13H7Cl6N3O3/c1-5(23)25-8-4-6(2-3-7(8)24)9-20-10(12(14,15)16)22-11(21-9)13(17,18)19/h2-4,24H,1H3. The lowest BCUT2D eigenvalue weighted by Gasteiger charge is -2.16. The summed E-state index contributed by atoms with van der Waals surface area (Å²) in [6, 6.07) is 4.00. The summed E-state index contributed by atoms with van der Waals surface area (Å²) < 4.78 is 0.882. The monoisotopic (exact) mass is 463 g/mol. The van der Waals surface area contributed by atoms with Crippen molar-refractivity contribution in [1.82, 2.24) is 15.0 Å². The third-order valence-corrected chi connectivity index (χ3v) is 3.63. The first-order valence-electron chi connectivity index (χ1n) is 6.30. The van der Waals surface area contributed by atoms with E-state index in [1.165, 1.54) is 25.1 Å². The van der Waals surface area contributed by atoms with Crippen molar-refractivity contribution in [2.45, 2.75) is 14.5 Å². The zero-order chi connectivity index (χ0) is 19.0. The number of hydrogen-bond donors (Lipinski definition) is 1. The number of phenolic OH excluding ortho intramolecular Hbond substituents is 1. The summed E-state index contributed by atoms with van der Waals surface area (Å²) in [6.45, 7) is 1.18. The Labute approximate surface area is 171 Å². The second-order valence-corrected chi connectivity index (χ2v) is 9.14. The topological polar surface area (TPSA) is 85.2 Å². The second kappa shape index (κ2) is 7.47. The largest absolute Gasteiger partial charge is 0.504 e. The van der Waals surface area contributed by atoms with Crippen molar-refractivity contribution in [3.63, 3.8) is 0 Å². The first-order valence-corrected chi connectivity index (χ1v) is 8.57. The van der Waals surface area contributed by atoms with Gasteiger partial charge in [-0.15, -0.1) is 0 Å². The van der Waals surface area contributed by atoms with Gasteiger partial charge in [-0.2, -0.15) is 0 Å². The fourth-order valence-electron chi connectivity index (χ4n) is 1.65. The fourth-order valence-corrected chi connectivity index (χ4v) is 2.16. The molecule has 0 unspecified atom stereocenters. The van der Waals surface area contributed by atoms with Gasteiger partial charge in [0.25, 0.3) is 0 Å². The van der Waals surface area contributed by atoms with Crippen LogP contribution in [0.25, 0.3) is 11.4 Å². The van der Waals surface area contributed by atoms with Crippen LogP contribution in [0.2, 0.25) is 0 Å². The Morgan fingerprint density at radius 2 is 1.52 bits per heavy atom. The number of benzene rings is 1. The van der Waals surface area contributed by atoms with Crippen molar-refractivity contribution in [2.24, 2.45) is 0 Å². The van der Waals surface area contributed by atoms with E-state index in [-0.39, 0.29) is 29.0 Å². The minimum Gasteiger partial charge on any atom is -0.504 e. The molecule has 0 saturated carbocycles. The zero-order valence-corrected chi connectivity index (χ0v) is 16.6. The van der Waals surface area contributed by atoms with Gasteiger partial charge in [-0.3, -0.25) is 4.79 Å². The molecule has 1 aromatic heterocycles. The average Bonchev–Trinajstić information content (AvgIpc) is 2.47. The summed E-state index contributed by atoms with van der Waals surface area (Å²) in [5.74, 6) is -1.58. The van der Waals surface area contributed by atoms with Gasteiger partial charge < -0.3 is 9.84 Å². The van der Waals surface area contributed by atoms with Gasteiger partial charge in [-0.25, -0.2) is 15.0 Å². The van der Waals surface area contributed by atoms with Crippen molar-refractivity contribution >= 4 is 75.6 Å². The molecule has 6 nitrogen and oxygen atoms in total. The Morgan fingerprint density at radius 1 is 1.00 bits per heavy atom. The maximum Gasteiger partial charge on any atom is 0.308 e. The smallest absolute Gasteiger partial charge is 0.308 e. The Hall–Kier alpha value is -0.760. The number of halogens is 6. The molecule has 2 rings (SSSR count). The molecule has 134 valence electrons. The number of carbonyl (C=O) groups is 1. The van der Waals surface area contributed by atoms with E-state index in [4.69, 9.17) is 74.3 Å². The number of ether oxygens (including phenoxy) is 1. The molecule has 2 aromatic rings. The van der Waals surface area contributed by atoms with E-state index in [9.17, 15) is 9.90 Å². The van der Waals surface area contributed by atoms with Crippen LogP contribution in [0.3, 0.4) is 0 Å². The SMILES string of the molecule is CC(=O)Oc1cc(-c2nc(C(Cl)(Cl)Cl)nc(C(Cl)(Cl)Cl)n2)ccc1O. The molecule has 0 saturated heterocycles. The molecule has 1 N–H and O–H groups in total. The highest BCUT2D eigenvalue weighted by Gasteiger charge is 2.34. The van der Waals surface area contributed by atoms with Crippen LogP contribution in [0.5, 0.6) is 11.5 Å². The molecule has 12 heteroatoms. The average molecular weight is 466 g/mol. The maximum absolute atomic E-state index is 11.1. The quantitative estimate of drug-likeness (QED) is 0.388. The number of carbonyl (C=O) groups excluding carboxylic acids is 1. The Bertz CT molecular complexity index is 787. The summed E-state index contributed by atoms with van der Waals surface area (Å²) in [5.41, 5.74) is 0.294. The summed E-state index contributed by atoms with van der Waals surface area (Å²) >= 11 is 34.8. The van der Waals surface area contributed by atoms with Crippen molar-refractivity contribution in [2.75, 3.05) is 0 Å². The highest BCUT2D eigenvalue weighted by molar-refractivity contribution is 6.67. The number of hydrogen-bond acceptors (Lipinski definition) is 6. The first-order chi connectivity index (χ1) is 11.4. The van der Waals surface area contributed by atoms with Crippen molar-refractivity contribution < 1.29 is 14.6 Å². The molecule has 0 aliphatic rings. The van der Waals surface area contributed by atoms with Crippen LogP contribution in [-0.4, -0.2) is 26.0 Å². The lowest BCUT2D eigenvalue weighted by Crippen LogP contribution is -2.16. The molecular formula is C13H7Cl6N3O3. The van der Waals surface area contributed by atoms with Crippen molar-refractivity contribution in [3.05, 3.63) is 29.8 Å². The summed E-state index contributed by atoms with van der Waals surface area (Å²) in [6.07, 6.45) is 0. The van der Waals surface area contributed by atoms with E-state index in [1.54, 1.807) is 0 Å². The van der Waals surface area contributed by atoms with Crippen LogP contribution in [0.1, 0.15) is 18.6 Å². The minimum atomic E-state index is -2.00. The second-order valence-electron chi connectivity index (χ2n) is 4.58. The molecule has 0 aliphatic carbocycles. The van der Waals surface area contributed by atoms with Crippen LogP contribution in [-0.2, 0) is 12.4 Å². The maximum atomic E-state index is 11.1. The van der Waals surface area contributed by atoms with Gasteiger partial charge in [0.1, 0.15) is 0 Å². The van der Waals surface area contributed by atoms with E-state index in [0.717, 1.165) is 0 Å². The van der Waals surface area contributed by atoms with Crippen LogP contribution < -0.4 is 4.74 Å². The van der Waals surface area contributed by atoms with E-state index in [1.807, 2.05) is 0 Å². The number of alkyl halides is 6. The van der Waals surface area contributed by atoms with Gasteiger partial charge in [0.15, 0.2) is 29.0 Å². The third kappa shape index (κ3) is 5.36. The zero-order valence-electron chi connectivity index (χ0n) is 12.1. The molecule has 1 heterocycles. The molecule has 0 aliphatic heterocycles. The molecule has 0 bridgehead atoms. The van der Waals surface area contributed by atoms with Gasteiger partial charge in [0.05, 0.1) is 0 Å². The summed E-state index contributed by atoms with van der Waals surface area (Å²) in [5, 5.41) is 9.74. The number of aromatic hydroxyl groups is 1. The predicted molar refractivity (Wildman–Crippen MR) is 96.7 cm³/mol. The summed E-state index contributed by atoms with van der Waals surface area (Å²) in [4.78, 5) is 23.0. The van der Waals surface area contributed by atoms with Gasteiger partial charge in [0.2, 0.25) is 7.59 Å². The van der Waals surface area contributed by atoms with E-state index >= 15 is 0 Å². The number of esters is 1. The van der Waals surface area contributed by atoms with Gasteiger partial charge in [-0.1, -0.05) is 69.6 Å². The minimum absolute atomic E-state index is 0.0222. The van der Waals surface area contributed by atoms with Crippen LogP contribution in [0.4, 0.5) is 0 Å². The fraction of sp³-hybridized carbons (Fsp3) is 0.231. The normalized spacial score (nSPS) is 12.1. The van der Waals surface area contributed by atoms with Crippen LogP contribution in [0, 0.1) is 0 Å². The van der Waals surface area contributed by atoms with Gasteiger partial charge >= 0.3 is 5.97 Å². The molecule has 0 radical (unpaired) electrons. The first kappa shape index (κ1) is 20.6. The van der Waals surface area contributed by atoms with Gasteiger partial charge in [0, 0.05) is 12.5 Å². The van der Waals surface area contributed by atoms with E-state index < -0.39 is 13.6 Å². The molecule has 0 fully saturated rings.